The zero-order chi connectivity index (χ0) is 9.97. The number of nitrogens with zero attached hydrogens (tertiary/aromatic N) is 1. The third kappa shape index (κ3) is 1.77. The van der Waals surface area contributed by atoms with Crippen LogP contribution >= 0.6 is 11.3 Å². The van der Waals surface area contributed by atoms with Crippen LogP contribution in [0.1, 0.15) is 4.88 Å². The highest BCUT2D eigenvalue weighted by molar-refractivity contribution is 7.15. The number of thiophene rings is 1. The summed E-state index contributed by atoms with van der Waals surface area (Å²) in [6.45, 7) is 2.11. The topological polar surface area (TPSA) is 24.9 Å². The normalized spacial score (nSPS) is 10.1. The number of aryl methyl sites for hydroxylation is 1. The summed E-state index contributed by atoms with van der Waals surface area (Å²) in [6.07, 6.45) is 0. The Morgan fingerprint density at radius 2 is 2.07 bits per heavy atom. The first-order valence-corrected chi connectivity index (χ1v) is 5.33. The molecule has 0 aliphatic carbocycles. The summed E-state index contributed by atoms with van der Waals surface area (Å²) < 4.78 is 0. The van der Waals surface area contributed by atoms with Gasteiger partial charge in [0.2, 0.25) is 0 Å². The monoisotopic (exact) mass is 204 g/mol. The fourth-order valence-electron chi connectivity index (χ4n) is 1.28. The van der Waals surface area contributed by atoms with Gasteiger partial charge in [0.25, 0.3) is 0 Å². The van der Waals surface area contributed by atoms with Crippen molar-refractivity contribution in [3.63, 3.8) is 0 Å². The number of rotatable bonds is 2. The van der Waals surface area contributed by atoms with Gasteiger partial charge in [0.15, 0.2) is 0 Å². The Morgan fingerprint density at radius 3 is 2.71 bits per heavy atom. The van der Waals surface area contributed by atoms with Crippen molar-refractivity contribution in [2.24, 2.45) is 0 Å². The van der Waals surface area contributed by atoms with Gasteiger partial charge in [-0.1, -0.05) is 6.07 Å². The molecule has 0 saturated carbocycles. The summed E-state index contributed by atoms with van der Waals surface area (Å²) in [4.78, 5) is 7.01. The molecule has 0 spiro atoms. The van der Waals surface area contributed by atoms with E-state index in [0.717, 1.165) is 11.5 Å². The van der Waals surface area contributed by atoms with Gasteiger partial charge in [-0.15, -0.1) is 11.3 Å². The van der Waals surface area contributed by atoms with Crippen molar-refractivity contribution in [2.45, 2.75) is 6.92 Å². The maximum absolute atomic E-state index is 4.47. The molecule has 0 aliphatic heterocycles. The Labute approximate surface area is 87.6 Å². The number of hydrogen-bond donors (Lipinski definition) is 1. The van der Waals surface area contributed by atoms with Gasteiger partial charge in [-0.25, -0.2) is 4.98 Å². The zero-order valence-electron chi connectivity index (χ0n) is 8.24. The maximum Gasteiger partial charge on any atom is 0.126 e. The van der Waals surface area contributed by atoms with E-state index < -0.39 is 0 Å². The van der Waals surface area contributed by atoms with E-state index >= 15 is 0 Å². The van der Waals surface area contributed by atoms with Gasteiger partial charge in [0.05, 0.1) is 10.6 Å². The molecule has 1 N–H and O–H groups in total. The molecule has 0 aliphatic rings. The minimum atomic E-state index is 0.911. The average Bonchev–Trinajstić information content (AvgIpc) is 2.65. The van der Waals surface area contributed by atoms with Crippen LogP contribution in [0, 0.1) is 6.92 Å². The molecule has 0 amide bonds. The summed E-state index contributed by atoms with van der Waals surface area (Å²) in [5.41, 5.74) is 1.04. The summed E-state index contributed by atoms with van der Waals surface area (Å²) >= 11 is 1.77. The first-order valence-electron chi connectivity index (χ1n) is 4.51. The van der Waals surface area contributed by atoms with Crippen LogP contribution in [-0.4, -0.2) is 12.0 Å². The van der Waals surface area contributed by atoms with Gasteiger partial charge < -0.3 is 5.32 Å². The molecule has 0 bridgehead atoms. The Hall–Kier alpha value is -1.35. The molecule has 14 heavy (non-hydrogen) atoms. The van der Waals surface area contributed by atoms with E-state index in [2.05, 4.69) is 29.4 Å². The lowest BCUT2D eigenvalue weighted by molar-refractivity contribution is 1.30. The lowest BCUT2D eigenvalue weighted by atomic mass is 10.3. The second kappa shape index (κ2) is 3.80. The Bertz CT molecular complexity index is 434. The Kier molecular flexibility index (Phi) is 2.50. The highest BCUT2D eigenvalue weighted by Gasteiger charge is 2.02. The van der Waals surface area contributed by atoms with Gasteiger partial charge in [-0.05, 0) is 31.2 Å². The van der Waals surface area contributed by atoms with Crippen molar-refractivity contribution in [1.29, 1.82) is 0 Å². The van der Waals surface area contributed by atoms with Gasteiger partial charge in [-0.2, -0.15) is 0 Å². The largest absolute Gasteiger partial charge is 0.373 e. The molecule has 3 heteroatoms. The minimum absolute atomic E-state index is 0.911. The van der Waals surface area contributed by atoms with Crippen molar-refractivity contribution < 1.29 is 0 Å². The molecular weight excluding hydrogens is 192 g/mol. The van der Waals surface area contributed by atoms with E-state index in [4.69, 9.17) is 0 Å². The quantitative estimate of drug-likeness (QED) is 0.812. The molecule has 0 saturated heterocycles. The van der Waals surface area contributed by atoms with E-state index in [-0.39, 0.29) is 0 Å². The van der Waals surface area contributed by atoms with Crippen LogP contribution in [-0.2, 0) is 0 Å². The molecule has 72 valence electrons. The van der Waals surface area contributed by atoms with Crippen LogP contribution in [0.3, 0.4) is 0 Å². The van der Waals surface area contributed by atoms with Crippen LogP contribution < -0.4 is 5.32 Å². The Morgan fingerprint density at radius 1 is 1.21 bits per heavy atom. The molecule has 0 atom stereocenters. The molecule has 2 aromatic rings. The molecule has 2 heterocycles. The summed E-state index contributed by atoms with van der Waals surface area (Å²) in [6, 6.07) is 10.2. The molecular formula is C11H12N2S. The van der Waals surface area contributed by atoms with Crippen LogP contribution in [0.25, 0.3) is 10.6 Å². The van der Waals surface area contributed by atoms with Crippen LogP contribution in [0.5, 0.6) is 0 Å². The van der Waals surface area contributed by atoms with E-state index in [0.29, 0.717) is 0 Å². The molecule has 2 aromatic heterocycles. The number of aromatic nitrogens is 1. The fourth-order valence-corrected chi connectivity index (χ4v) is 2.12. The first-order chi connectivity index (χ1) is 6.79. The van der Waals surface area contributed by atoms with E-state index in [9.17, 15) is 0 Å². The summed E-state index contributed by atoms with van der Waals surface area (Å²) in [7, 11) is 1.88. The molecule has 0 aromatic carbocycles. The highest BCUT2D eigenvalue weighted by Crippen LogP contribution is 2.26. The number of pyridine rings is 1. The standard InChI is InChI=1S/C11H12N2S/c1-8-6-7-10(14-8)9-4-3-5-11(12-2)13-9/h3-7H,1-2H3,(H,12,13). The minimum Gasteiger partial charge on any atom is -0.373 e. The number of anilines is 1. The van der Waals surface area contributed by atoms with Gasteiger partial charge in [0.1, 0.15) is 5.82 Å². The van der Waals surface area contributed by atoms with Crippen LogP contribution in [0.15, 0.2) is 30.3 Å². The summed E-state index contributed by atoms with van der Waals surface area (Å²) in [5.74, 6) is 0.911. The van der Waals surface area contributed by atoms with Crippen molar-refractivity contribution in [2.75, 3.05) is 12.4 Å². The van der Waals surface area contributed by atoms with E-state index in [1.54, 1.807) is 11.3 Å². The number of nitrogens with one attached hydrogen (secondary N) is 1. The lowest BCUT2D eigenvalue weighted by Crippen LogP contribution is -1.91. The van der Waals surface area contributed by atoms with Gasteiger partial charge in [0, 0.05) is 11.9 Å². The van der Waals surface area contributed by atoms with Gasteiger partial charge >= 0.3 is 0 Å². The molecule has 2 nitrogen and oxygen atoms in total. The predicted molar refractivity (Wildman–Crippen MR) is 61.8 cm³/mol. The van der Waals surface area contributed by atoms with Crippen molar-refractivity contribution in [1.82, 2.24) is 4.98 Å². The SMILES string of the molecule is CNc1cccc(-c2ccc(C)s2)n1. The lowest BCUT2D eigenvalue weighted by Gasteiger charge is -2.00. The maximum atomic E-state index is 4.47. The third-order valence-electron chi connectivity index (χ3n) is 2.00. The second-order valence-electron chi connectivity index (χ2n) is 3.07. The molecule has 0 fully saturated rings. The van der Waals surface area contributed by atoms with Crippen molar-refractivity contribution >= 4 is 17.2 Å². The number of hydrogen-bond acceptors (Lipinski definition) is 3. The Balaban J connectivity index is 2.41. The van der Waals surface area contributed by atoms with Crippen LogP contribution in [0.2, 0.25) is 0 Å². The van der Waals surface area contributed by atoms with E-state index in [1.165, 1.54) is 9.75 Å². The molecule has 2 rings (SSSR count). The van der Waals surface area contributed by atoms with Gasteiger partial charge in [-0.3, -0.25) is 0 Å². The molecule has 0 unspecified atom stereocenters. The van der Waals surface area contributed by atoms with Crippen molar-refractivity contribution in [3.05, 3.63) is 35.2 Å². The predicted octanol–water partition coefficient (Wildman–Crippen LogP) is 3.16. The van der Waals surface area contributed by atoms with Crippen LogP contribution in [0.4, 0.5) is 5.82 Å². The van der Waals surface area contributed by atoms with Crippen molar-refractivity contribution in [3.8, 4) is 10.6 Å². The second-order valence-corrected chi connectivity index (χ2v) is 4.36. The van der Waals surface area contributed by atoms with E-state index in [1.807, 2.05) is 25.2 Å². The average molecular weight is 204 g/mol. The first kappa shape index (κ1) is 9.21. The highest BCUT2D eigenvalue weighted by atomic mass is 32.1. The smallest absolute Gasteiger partial charge is 0.126 e. The zero-order valence-corrected chi connectivity index (χ0v) is 9.06. The third-order valence-corrected chi connectivity index (χ3v) is 3.02. The molecule has 0 radical (unpaired) electrons. The summed E-state index contributed by atoms with van der Waals surface area (Å²) in [5, 5.41) is 3.04. The fraction of sp³-hybridized carbons (Fsp3) is 0.182.